The average Bonchev–Trinajstić information content (AvgIpc) is 2.66. The van der Waals surface area contributed by atoms with Crippen LogP contribution in [0.2, 0.25) is 0 Å². The third-order valence-electron chi connectivity index (χ3n) is 2.26. The van der Waals surface area contributed by atoms with Gasteiger partial charge >= 0.3 is 0 Å². The molecule has 90 valence electrons. The van der Waals surface area contributed by atoms with Gasteiger partial charge in [0.25, 0.3) is 0 Å². The normalized spacial score (nSPS) is 28.2. The highest BCUT2D eigenvalue weighted by Gasteiger charge is 2.28. The first kappa shape index (κ1) is 12.9. The molecule has 0 spiro atoms. The van der Waals surface area contributed by atoms with Gasteiger partial charge in [-0.05, 0) is 13.3 Å². The zero-order chi connectivity index (χ0) is 11.1. The summed E-state index contributed by atoms with van der Waals surface area (Å²) >= 11 is 0. The molecule has 0 bridgehead atoms. The van der Waals surface area contributed by atoms with Crippen molar-refractivity contribution >= 4 is 0 Å². The Bertz CT molecular complexity index is 164. The highest BCUT2D eigenvalue weighted by atomic mass is 17.1. The van der Waals surface area contributed by atoms with E-state index in [-0.39, 0.29) is 12.4 Å². The molecule has 0 amide bonds. The predicted molar refractivity (Wildman–Crippen MR) is 53.3 cm³/mol. The molecule has 0 saturated carbocycles. The number of hydrogen-bond donors (Lipinski definition) is 1. The van der Waals surface area contributed by atoms with Crippen molar-refractivity contribution in [3.05, 3.63) is 0 Å². The summed E-state index contributed by atoms with van der Waals surface area (Å²) in [4.78, 5) is 4.19. The van der Waals surface area contributed by atoms with Crippen LogP contribution >= 0.6 is 0 Å². The maximum atomic E-state index is 8.57. The van der Waals surface area contributed by atoms with Crippen LogP contribution in [0.4, 0.5) is 0 Å². The molecular weight excluding hydrogens is 200 g/mol. The monoisotopic (exact) mass is 220 g/mol. The van der Waals surface area contributed by atoms with Crippen LogP contribution in [0.25, 0.3) is 0 Å². The van der Waals surface area contributed by atoms with Crippen molar-refractivity contribution in [1.29, 1.82) is 0 Å². The number of ether oxygens (including phenoxy) is 3. The van der Waals surface area contributed by atoms with Gasteiger partial charge in [0.1, 0.15) is 0 Å². The fraction of sp³-hybridized carbons (Fsp3) is 1.00. The van der Waals surface area contributed by atoms with Crippen LogP contribution in [0.3, 0.4) is 0 Å². The summed E-state index contributed by atoms with van der Waals surface area (Å²) in [7, 11) is 0. The van der Waals surface area contributed by atoms with Gasteiger partial charge in [-0.1, -0.05) is 13.3 Å². The smallest absolute Gasteiger partial charge is 0.193 e. The van der Waals surface area contributed by atoms with E-state index in [9.17, 15) is 0 Å². The van der Waals surface area contributed by atoms with E-state index >= 15 is 0 Å². The van der Waals surface area contributed by atoms with Gasteiger partial charge < -0.3 is 14.2 Å². The molecule has 1 fully saturated rings. The molecule has 0 aromatic rings. The maximum Gasteiger partial charge on any atom is 0.193 e. The quantitative estimate of drug-likeness (QED) is 0.402. The minimum Gasteiger partial charge on any atom is -0.350 e. The summed E-state index contributed by atoms with van der Waals surface area (Å²) in [5, 5.41) is 8.57. The van der Waals surface area contributed by atoms with E-state index in [0.29, 0.717) is 19.6 Å². The van der Waals surface area contributed by atoms with Gasteiger partial charge in [-0.3, -0.25) is 0 Å². The Balaban J connectivity index is 2.21. The largest absolute Gasteiger partial charge is 0.350 e. The lowest BCUT2D eigenvalue weighted by Gasteiger charge is -2.16. The van der Waals surface area contributed by atoms with E-state index in [1.807, 2.05) is 6.92 Å². The zero-order valence-corrected chi connectivity index (χ0v) is 9.35. The summed E-state index contributed by atoms with van der Waals surface area (Å²) in [6.07, 6.45) is 1.64. The molecule has 0 aromatic heterocycles. The van der Waals surface area contributed by atoms with Crippen LogP contribution in [-0.4, -0.2) is 37.2 Å². The Kier molecular flexibility index (Phi) is 6.12. The molecule has 1 aliphatic heterocycles. The Morgan fingerprint density at radius 2 is 2.27 bits per heavy atom. The van der Waals surface area contributed by atoms with Crippen LogP contribution in [0.15, 0.2) is 0 Å². The summed E-state index contributed by atoms with van der Waals surface area (Å²) in [6.45, 7) is 4.96. The van der Waals surface area contributed by atoms with E-state index < -0.39 is 6.29 Å². The van der Waals surface area contributed by atoms with Gasteiger partial charge in [0.2, 0.25) is 0 Å². The molecule has 5 nitrogen and oxygen atoms in total. The number of rotatable bonds is 7. The lowest BCUT2D eigenvalue weighted by molar-refractivity contribution is -0.350. The second kappa shape index (κ2) is 7.14. The molecule has 1 N–H and O–H groups in total. The summed E-state index contributed by atoms with van der Waals surface area (Å²) in [6, 6.07) is 0. The molecule has 1 rings (SSSR count). The maximum absolute atomic E-state index is 8.57. The molecule has 1 saturated heterocycles. The highest BCUT2D eigenvalue weighted by Crippen LogP contribution is 2.20. The van der Waals surface area contributed by atoms with Gasteiger partial charge in [-0.25, -0.2) is 10.1 Å². The van der Waals surface area contributed by atoms with Gasteiger partial charge in [0, 0.05) is 13.0 Å². The highest BCUT2D eigenvalue weighted by molar-refractivity contribution is 4.66. The topological polar surface area (TPSA) is 57.2 Å². The Morgan fingerprint density at radius 1 is 1.47 bits per heavy atom. The Morgan fingerprint density at radius 3 is 2.87 bits per heavy atom. The molecule has 3 unspecified atom stereocenters. The van der Waals surface area contributed by atoms with Crippen molar-refractivity contribution < 1.29 is 24.4 Å². The summed E-state index contributed by atoms with van der Waals surface area (Å²) in [5.74, 6) is 0. The van der Waals surface area contributed by atoms with Crippen molar-refractivity contribution in [1.82, 2.24) is 0 Å². The van der Waals surface area contributed by atoms with Gasteiger partial charge in [0.05, 0.1) is 12.7 Å². The molecule has 3 atom stereocenters. The van der Waals surface area contributed by atoms with E-state index in [1.54, 1.807) is 0 Å². The first-order valence-electron chi connectivity index (χ1n) is 5.49. The third-order valence-corrected chi connectivity index (χ3v) is 2.26. The van der Waals surface area contributed by atoms with E-state index in [4.69, 9.17) is 19.5 Å². The first-order chi connectivity index (χ1) is 7.30. The molecule has 1 heterocycles. The lowest BCUT2D eigenvalue weighted by Crippen LogP contribution is -2.24. The molecule has 1 aliphatic rings. The fourth-order valence-electron chi connectivity index (χ4n) is 1.56. The predicted octanol–water partition coefficient (Wildman–Crippen LogP) is 1.77. The minimum atomic E-state index is -0.621. The van der Waals surface area contributed by atoms with Crippen LogP contribution < -0.4 is 0 Å². The van der Waals surface area contributed by atoms with Crippen molar-refractivity contribution in [3.8, 4) is 0 Å². The number of hydrogen-bond acceptors (Lipinski definition) is 5. The molecule has 5 heteroatoms. The van der Waals surface area contributed by atoms with Crippen LogP contribution in [-0.2, 0) is 19.1 Å². The summed E-state index contributed by atoms with van der Waals surface area (Å²) in [5.41, 5.74) is 0. The molecule has 0 aromatic carbocycles. The Hall–Kier alpha value is -0.200. The van der Waals surface area contributed by atoms with Crippen molar-refractivity contribution in [2.45, 2.75) is 51.8 Å². The van der Waals surface area contributed by atoms with Crippen molar-refractivity contribution in [2.75, 3.05) is 13.2 Å². The van der Waals surface area contributed by atoms with Crippen LogP contribution in [0.5, 0.6) is 0 Å². The van der Waals surface area contributed by atoms with Gasteiger partial charge in [-0.15, -0.1) is 0 Å². The second-order valence-electron chi connectivity index (χ2n) is 3.54. The van der Waals surface area contributed by atoms with Crippen molar-refractivity contribution in [3.63, 3.8) is 0 Å². The van der Waals surface area contributed by atoms with Gasteiger partial charge in [-0.2, -0.15) is 0 Å². The Labute approximate surface area is 90.2 Å². The van der Waals surface area contributed by atoms with E-state index in [2.05, 4.69) is 11.8 Å². The standard InChI is InChI=1S/C10H20O5/c1-3-5-9-13-7-8(14-9)6-10(15-11)12-4-2/h8-11H,3-7H2,1-2H3. The van der Waals surface area contributed by atoms with Crippen LogP contribution in [0, 0.1) is 0 Å². The first-order valence-corrected chi connectivity index (χ1v) is 5.49. The van der Waals surface area contributed by atoms with Crippen LogP contribution in [0.1, 0.15) is 33.1 Å². The fourth-order valence-corrected chi connectivity index (χ4v) is 1.56. The van der Waals surface area contributed by atoms with E-state index in [0.717, 1.165) is 12.8 Å². The lowest BCUT2D eigenvalue weighted by atomic mass is 10.2. The molecule has 15 heavy (non-hydrogen) atoms. The zero-order valence-electron chi connectivity index (χ0n) is 9.35. The van der Waals surface area contributed by atoms with E-state index in [1.165, 1.54) is 0 Å². The SMILES string of the molecule is CCCC1OCC(CC(OO)OCC)O1. The minimum absolute atomic E-state index is 0.0507. The average molecular weight is 220 g/mol. The second-order valence-corrected chi connectivity index (χ2v) is 3.54. The molecular formula is C10H20O5. The summed E-state index contributed by atoms with van der Waals surface area (Å²) < 4.78 is 16.1. The van der Waals surface area contributed by atoms with Crippen molar-refractivity contribution in [2.24, 2.45) is 0 Å². The third kappa shape index (κ3) is 4.44. The molecule has 0 radical (unpaired) electrons. The van der Waals surface area contributed by atoms with Gasteiger partial charge in [0.15, 0.2) is 12.6 Å². The molecule has 0 aliphatic carbocycles.